The van der Waals surface area contributed by atoms with Gasteiger partial charge in [0.1, 0.15) is 0 Å². The van der Waals surface area contributed by atoms with Crippen LogP contribution in [0.2, 0.25) is 0 Å². The van der Waals surface area contributed by atoms with E-state index in [1.54, 1.807) is 11.3 Å². The number of nitrogens with one attached hydrogen (secondary N) is 2. The number of benzene rings is 1. The first-order valence-corrected chi connectivity index (χ1v) is 7.96. The van der Waals surface area contributed by atoms with Crippen LogP contribution in [0.25, 0.3) is 0 Å². The van der Waals surface area contributed by atoms with Crippen molar-refractivity contribution >= 4 is 22.9 Å². The predicted octanol–water partition coefficient (Wildman–Crippen LogP) is 3.51. The number of rotatable bonds is 6. The summed E-state index contributed by atoms with van der Waals surface area (Å²) < 4.78 is 0. The monoisotopic (exact) mass is 303 g/mol. The molecular weight excluding hydrogens is 282 g/mol. The van der Waals surface area contributed by atoms with Crippen LogP contribution in [0.5, 0.6) is 0 Å². The lowest BCUT2D eigenvalue weighted by Gasteiger charge is -2.10. The third-order valence-electron chi connectivity index (χ3n) is 3.15. The summed E-state index contributed by atoms with van der Waals surface area (Å²) in [6.07, 6.45) is 2.89. The Morgan fingerprint density at radius 2 is 2.14 bits per heavy atom. The highest BCUT2D eigenvalue weighted by Gasteiger charge is 2.08. The van der Waals surface area contributed by atoms with Gasteiger partial charge in [-0.15, -0.1) is 11.3 Å². The fourth-order valence-corrected chi connectivity index (χ4v) is 2.75. The summed E-state index contributed by atoms with van der Waals surface area (Å²) in [6.45, 7) is 7.57. The Labute approximate surface area is 129 Å². The summed E-state index contributed by atoms with van der Waals surface area (Å²) in [5, 5.41) is 7.30. The molecule has 2 rings (SSSR count). The highest BCUT2D eigenvalue weighted by molar-refractivity contribution is 7.11. The van der Waals surface area contributed by atoms with Gasteiger partial charge in [-0.1, -0.05) is 6.92 Å². The van der Waals surface area contributed by atoms with E-state index in [9.17, 15) is 4.79 Å². The SMILES string of the molecule is CCCNc1ccc(C(=O)NCc2cnc(C)s2)cc1C. The number of anilines is 1. The van der Waals surface area contributed by atoms with E-state index < -0.39 is 0 Å². The molecule has 21 heavy (non-hydrogen) atoms. The third-order valence-corrected chi connectivity index (χ3v) is 4.06. The zero-order chi connectivity index (χ0) is 15.2. The molecule has 0 aliphatic heterocycles. The average Bonchev–Trinajstić information content (AvgIpc) is 2.89. The van der Waals surface area contributed by atoms with Gasteiger partial charge in [0.05, 0.1) is 11.6 Å². The molecule has 0 aliphatic carbocycles. The Balaban J connectivity index is 1.97. The maximum absolute atomic E-state index is 12.2. The van der Waals surface area contributed by atoms with Crippen molar-refractivity contribution in [3.05, 3.63) is 45.4 Å². The Bertz CT molecular complexity index is 622. The second-order valence-corrected chi connectivity index (χ2v) is 6.30. The Hall–Kier alpha value is -1.88. The third kappa shape index (κ3) is 4.29. The number of aryl methyl sites for hydroxylation is 2. The number of carbonyl (C=O) groups is 1. The molecule has 0 radical (unpaired) electrons. The van der Waals surface area contributed by atoms with E-state index in [0.717, 1.165) is 34.1 Å². The first-order chi connectivity index (χ1) is 10.1. The number of aromatic nitrogens is 1. The second kappa shape index (κ2) is 7.22. The molecule has 0 bridgehead atoms. The molecule has 4 nitrogen and oxygen atoms in total. The molecular formula is C16H21N3OS. The minimum Gasteiger partial charge on any atom is -0.385 e. The van der Waals surface area contributed by atoms with Crippen LogP contribution in [-0.4, -0.2) is 17.4 Å². The minimum atomic E-state index is -0.0498. The van der Waals surface area contributed by atoms with Gasteiger partial charge in [0.25, 0.3) is 5.91 Å². The van der Waals surface area contributed by atoms with E-state index in [0.29, 0.717) is 12.1 Å². The van der Waals surface area contributed by atoms with Crippen molar-refractivity contribution in [3.63, 3.8) is 0 Å². The Morgan fingerprint density at radius 3 is 2.76 bits per heavy atom. The lowest BCUT2D eigenvalue weighted by Crippen LogP contribution is -2.22. The second-order valence-electron chi connectivity index (χ2n) is 4.98. The molecule has 0 saturated carbocycles. The molecule has 1 aromatic carbocycles. The van der Waals surface area contributed by atoms with Crippen molar-refractivity contribution in [3.8, 4) is 0 Å². The normalized spacial score (nSPS) is 10.4. The molecule has 5 heteroatoms. The highest BCUT2D eigenvalue weighted by atomic mass is 32.1. The number of amides is 1. The van der Waals surface area contributed by atoms with Crippen LogP contribution in [0.3, 0.4) is 0 Å². The van der Waals surface area contributed by atoms with Gasteiger partial charge >= 0.3 is 0 Å². The first kappa shape index (κ1) is 15.5. The van der Waals surface area contributed by atoms with Crippen molar-refractivity contribution in [2.75, 3.05) is 11.9 Å². The van der Waals surface area contributed by atoms with Crippen LogP contribution in [-0.2, 0) is 6.54 Å². The standard InChI is InChI=1S/C16H21N3OS/c1-4-7-17-15-6-5-13(8-11(15)2)16(20)19-10-14-9-18-12(3)21-14/h5-6,8-9,17H,4,7,10H2,1-3H3,(H,19,20). The van der Waals surface area contributed by atoms with Gasteiger partial charge in [-0.2, -0.15) is 0 Å². The summed E-state index contributed by atoms with van der Waals surface area (Å²) in [5.41, 5.74) is 2.87. The maximum atomic E-state index is 12.2. The van der Waals surface area contributed by atoms with Crippen LogP contribution in [0.1, 0.15) is 39.2 Å². The Morgan fingerprint density at radius 1 is 1.33 bits per heavy atom. The van der Waals surface area contributed by atoms with E-state index in [4.69, 9.17) is 0 Å². The molecule has 0 aliphatic rings. The molecule has 0 spiro atoms. The smallest absolute Gasteiger partial charge is 0.251 e. The molecule has 0 saturated heterocycles. The summed E-state index contributed by atoms with van der Waals surface area (Å²) in [4.78, 5) is 17.4. The lowest BCUT2D eigenvalue weighted by molar-refractivity contribution is 0.0951. The Kier molecular flexibility index (Phi) is 5.33. The summed E-state index contributed by atoms with van der Waals surface area (Å²) in [5.74, 6) is -0.0498. The summed E-state index contributed by atoms with van der Waals surface area (Å²) in [6, 6.07) is 5.75. The van der Waals surface area contributed by atoms with Crippen LogP contribution >= 0.6 is 11.3 Å². The van der Waals surface area contributed by atoms with Crippen molar-refractivity contribution in [1.29, 1.82) is 0 Å². The number of carbonyl (C=O) groups excluding carboxylic acids is 1. The number of nitrogens with zero attached hydrogens (tertiary/aromatic N) is 1. The molecule has 0 unspecified atom stereocenters. The maximum Gasteiger partial charge on any atom is 0.251 e. The van der Waals surface area contributed by atoms with E-state index in [-0.39, 0.29) is 5.91 Å². The van der Waals surface area contributed by atoms with E-state index in [1.165, 1.54) is 0 Å². The van der Waals surface area contributed by atoms with Gasteiger partial charge in [-0.05, 0) is 44.0 Å². The molecule has 112 valence electrons. The number of thiazole rings is 1. The van der Waals surface area contributed by atoms with Gasteiger partial charge in [-0.25, -0.2) is 4.98 Å². The van der Waals surface area contributed by atoms with E-state index in [2.05, 4.69) is 22.5 Å². The van der Waals surface area contributed by atoms with Gasteiger partial charge < -0.3 is 10.6 Å². The summed E-state index contributed by atoms with van der Waals surface area (Å²) in [7, 11) is 0. The van der Waals surface area contributed by atoms with Gasteiger partial charge in [0.2, 0.25) is 0 Å². The summed E-state index contributed by atoms with van der Waals surface area (Å²) >= 11 is 1.60. The zero-order valence-electron chi connectivity index (χ0n) is 12.7. The average molecular weight is 303 g/mol. The topological polar surface area (TPSA) is 54.0 Å². The highest BCUT2D eigenvalue weighted by Crippen LogP contribution is 2.17. The van der Waals surface area contributed by atoms with E-state index in [1.807, 2.05) is 38.2 Å². The van der Waals surface area contributed by atoms with Gasteiger partial charge in [0, 0.05) is 28.9 Å². The van der Waals surface area contributed by atoms with E-state index >= 15 is 0 Å². The fourth-order valence-electron chi connectivity index (χ4n) is 2.02. The molecule has 0 fully saturated rings. The molecule has 0 atom stereocenters. The van der Waals surface area contributed by atoms with Gasteiger partial charge in [0.15, 0.2) is 0 Å². The molecule has 1 aromatic heterocycles. The molecule has 1 heterocycles. The predicted molar refractivity (Wildman–Crippen MR) is 88.0 cm³/mol. The van der Waals surface area contributed by atoms with Crippen LogP contribution in [0.4, 0.5) is 5.69 Å². The van der Waals surface area contributed by atoms with Crippen LogP contribution in [0.15, 0.2) is 24.4 Å². The quantitative estimate of drug-likeness (QED) is 0.858. The first-order valence-electron chi connectivity index (χ1n) is 7.14. The molecule has 2 N–H and O–H groups in total. The van der Waals surface area contributed by atoms with Crippen molar-refractivity contribution in [2.24, 2.45) is 0 Å². The lowest BCUT2D eigenvalue weighted by atomic mass is 10.1. The number of hydrogen-bond donors (Lipinski definition) is 2. The van der Waals surface area contributed by atoms with Crippen molar-refractivity contribution < 1.29 is 4.79 Å². The van der Waals surface area contributed by atoms with Crippen molar-refractivity contribution in [1.82, 2.24) is 10.3 Å². The number of hydrogen-bond acceptors (Lipinski definition) is 4. The minimum absolute atomic E-state index is 0.0498. The van der Waals surface area contributed by atoms with Crippen molar-refractivity contribution in [2.45, 2.75) is 33.7 Å². The molecule has 1 amide bonds. The van der Waals surface area contributed by atoms with Gasteiger partial charge in [-0.3, -0.25) is 4.79 Å². The fraction of sp³-hybridized carbons (Fsp3) is 0.375. The van der Waals surface area contributed by atoms with Crippen LogP contribution < -0.4 is 10.6 Å². The zero-order valence-corrected chi connectivity index (χ0v) is 13.5. The van der Waals surface area contributed by atoms with Crippen LogP contribution in [0, 0.1) is 13.8 Å². The molecule has 2 aromatic rings. The largest absolute Gasteiger partial charge is 0.385 e.